The summed E-state index contributed by atoms with van der Waals surface area (Å²) in [5, 5.41) is 0. The predicted octanol–water partition coefficient (Wildman–Crippen LogP) is 2.06. The molecule has 0 radical (unpaired) electrons. The second kappa shape index (κ2) is 7.46. The lowest BCUT2D eigenvalue weighted by Crippen LogP contribution is -2.58. The average molecular weight is 253 g/mol. The van der Waals surface area contributed by atoms with Gasteiger partial charge in [-0.15, -0.1) is 0 Å². The zero-order valence-electron chi connectivity index (χ0n) is 12.1. The summed E-state index contributed by atoms with van der Waals surface area (Å²) in [6.07, 6.45) is 9.57. The fraction of sp³-hybridized carbons (Fsp3) is 1.00. The number of nitrogens with two attached hydrogens (primary N) is 1. The predicted molar refractivity (Wildman–Crippen MR) is 77.8 cm³/mol. The van der Waals surface area contributed by atoms with Crippen LogP contribution in [0, 0.1) is 0 Å². The van der Waals surface area contributed by atoms with E-state index >= 15 is 0 Å². The van der Waals surface area contributed by atoms with Crippen molar-refractivity contribution in [1.29, 1.82) is 0 Å². The van der Waals surface area contributed by atoms with Crippen molar-refractivity contribution in [2.45, 2.75) is 64.0 Å². The Morgan fingerprint density at radius 1 is 1.17 bits per heavy atom. The highest BCUT2D eigenvalue weighted by molar-refractivity contribution is 4.88. The molecule has 2 heterocycles. The maximum absolute atomic E-state index is 6.00. The zero-order chi connectivity index (χ0) is 12.8. The molecule has 2 saturated heterocycles. The van der Waals surface area contributed by atoms with Crippen LogP contribution < -0.4 is 5.73 Å². The summed E-state index contributed by atoms with van der Waals surface area (Å²) in [5.74, 6) is 0. The van der Waals surface area contributed by atoms with E-state index in [1.54, 1.807) is 0 Å². The molecule has 0 spiro atoms. The van der Waals surface area contributed by atoms with Crippen LogP contribution in [0.25, 0.3) is 0 Å². The Morgan fingerprint density at radius 3 is 2.83 bits per heavy atom. The Morgan fingerprint density at radius 2 is 2.06 bits per heavy atom. The smallest absolute Gasteiger partial charge is 0.0223 e. The lowest BCUT2D eigenvalue weighted by atomic mass is 9.97. The number of fused-ring (bicyclic) bond motifs is 1. The van der Waals surface area contributed by atoms with Gasteiger partial charge in [-0.1, -0.05) is 32.6 Å². The molecule has 0 amide bonds. The van der Waals surface area contributed by atoms with Gasteiger partial charge in [0.25, 0.3) is 0 Å². The Hall–Kier alpha value is -0.120. The second-order valence-corrected chi connectivity index (χ2v) is 6.07. The van der Waals surface area contributed by atoms with Crippen molar-refractivity contribution in [2.75, 3.05) is 32.7 Å². The zero-order valence-corrected chi connectivity index (χ0v) is 12.1. The van der Waals surface area contributed by atoms with Crippen molar-refractivity contribution in [2.24, 2.45) is 5.73 Å². The van der Waals surface area contributed by atoms with E-state index in [1.165, 1.54) is 71.1 Å². The van der Waals surface area contributed by atoms with E-state index in [9.17, 15) is 0 Å². The Labute approximate surface area is 113 Å². The van der Waals surface area contributed by atoms with Gasteiger partial charge in [-0.2, -0.15) is 0 Å². The van der Waals surface area contributed by atoms with E-state index < -0.39 is 0 Å². The SMILES string of the molecule is CCCCCC(CN)N1CCN2CCCCC2C1. The van der Waals surface area contributed by atoms with Crippen molar-refractivity contribution < 1.29 is 0 Å². The molecule has 0 aromatic rings. The molecule has 2 N–H and O–H groups in total. The third kappa shape index (κ3) is 3.69. The Bertz CT molecular complexity index is 232. The van der Waals surface area contributed by atoms with Crippen LogP contribution in [0.4, 0.5) is 0 Å². The molecule has 2 unspecified atom stereocenters. The summed E-state index contributed by atoms with van der Waals surface area (Å²) in [7, 11) is 0. The molecule has 2 rings (SSSR count). The summed E-state index contributed by atoms with van der Waals surface area (Å²) >= 11 is 0. The molecule has 0 aliphatic carbocycles. The summed E-state index contributed by atoms with van der Waals surface area (Å²) in [4.78, 5) is 5.39. The molecule has 2 atom stereocenters. The average Bonchev–Trinajstić information content (AvgIpc) is 2.43. The number of rotatable bonds is 6. The van der Waals surface area contributed by atoms with Crippen molar-refractivity contribution in [3.8, 4) is 0 Å². The van der Waals surface area contributed by atoms with Crippen molar-refractivity contribution in [3.63, 3.8) is 0 Å². The van der Waals surface area contributed by atoms with Crippen LogP contribution in [0.3, 0.4) is 0 Å². The van der Waals surface area contributed by atoms with E-state index in [1.807, 2.05) is 0 Å². The first-order valence-corrected chi connectivity index (χ1v) is 8.03. The molecule has 2 aliphatic heterocycles. The minimum Gasteiger partial charge on any atom is -0.329 e. The van der Waals surface area contributed by atoms with Gasteiger partial charge in [0.05, 0.1) is 0 Å². The fourth-order valence-corrected chi connectivity index (χ4v) is 3.59. The molecular weight excluding hydrogens is 222 g/mol. The molecule has 106 valence electrons. The van der Waals surface area contributed by atoms with Crippen LogP contribution in [-0.4, -0.2) is 54.6 Å². The standard InChI is InChI=1S/C15H31N3/c1-2-3-4-7-14(12-16)18-11-10-17-9-6-5-8-15(17)13-18/h14-15H,2-13,16H2,1H3. The highest BCUT2D eigenvalue weighted by Crippen LogP contribution is 2.23. The van der Waals surface area contributed by atoms with E-state index in [-0.39, 0.29) is 0 Å². The van der Waals surface area contributed by atoms with Gasteiger partial charge in [-0.05, 0) is 25.8 Å². The first-order valence-electron chi connectivity index (χ1n) is 8.03. The molecule has 0 bridgehead atoms. The van der Waals surface area contributed by atoms with Gasteiger partial charge in [0.2, 0.25) is 0 Å². The fourth-order valence-electron chi connectivity index (χ4n) is 3.59. The normalized spacial score (nSPS) is 28.0. The number of hydrogen-bond donors (Lipinski definition) is 1. The van der Waals surface area contributed by atoms with Crippen LogP contribution in [0.1, 0.15) is 51.9 Å². The quantitative estimate of drug-likeness (QED) is 0.736. The van der Waals surface area contributed by atoms with Crippen LogP contribution >= 0.6 is 0 Å². The molecule has 0 saturated carbocycles. The number of piperazine rings is 1. The molecular formula is C15H31N3. The van der Waals surface area contributed by atoms with Gasteiger partial charge in [0, 0.05) is 38.3 Å². The lowest BCUT2D eigenvalue weighted by Gasteiger charge is -2.46. The summed E-state index contributed by atoms with van der Waals surface area (Å²) in [5.41, 5.74) is 6.00. The van der Waals surface area contributed by atoms with Crippen molar-refractivity contribution in [1.82, 2.24) is 9.80 Å². The molecule has 2 fully saturated rings. The summed E-state index contributed by atoms with van der Waals surface area (Å²) in [6, 6.07) is 1.47. The topological polar surface area (TPSA) is 32.5 Å². The lowest BCUT2D eigenvalue weighted by molar-refractivity contribution is 0.0267. The van der Waals surface area contributed by atoms with Crippen molar-refractivity contribution >= 4 is 0 Å². The van der Waals surface area contributed by atoms with Crippen LogP contribution in [0.15, 0.2) is 0 Å². The molecule has 0 aromatic carbocycles. The van der Waals surface area contributed by atoms with Crippen molar-refractivity contribution in [3.05, 3.63) is 0 Å². The molecule has 2 aliphatic rings. The highest BCUT2D eigenvalue weighted by Gasteiger charge is 2.31. The van der Waals surface area contributed by atoms with Gasteiger partial charge in [-0.25, -0.2) is 0 Å². The molecule has 18 heavy (non-hydrogen) atoms. The third-order valence-electron chi connectivity index (χ3n) is 4.80. The Balaban J connectivity index is 1.80. The summed E-state index contributed by atoms with van der Waals surface area (Å²) < 4.78 is 0. The largest absolute Gasteiger partial charge is 0.329 e. The van der Waals surface area contributed by atoms with E-state index in [2.05, 4.69) is 16.7 Å². The molecule has 3 heteroatoms. The number of piperidine rings is 1. The highest BCUT2D eigenvalue weighted by atomic mass is 15.3. The summed E-state index contributed by atoms with van der Waals surface area (Å²) in [6.45, 7) is 8.24. The first kappa shape index (κ1) is 14.3. The van der Waals surface area contributed by atoms with Gasteiger partial charge in [0.1, 0.15) is 0 Å². The van der Waals surface area contributed by atoms with E-state index in [4.69, 9.17) is 5.73 Å². The second-order valence-electron chi connectivity index (χ2n) is 6.07. The number of nitrogens with zero attached hydrogens (tertiary/aromatic N) is 2. The van der Waals surface area contributed by atoms with Gasteiger partial charge in [-0.3, -0.25) is 9.80 Å². The van der Waals surface area contributed by atoms with Crippen LogP contribution in [-0.2, 0) is 0 Å². The first-order chi connectivity index (χ1) is 8.85. The van der Waals surface area contributed by atoms with Crippen LogP contribution in [0.2, 0.25) is 0 Å². The Kier molecular flexibility index (Phi) is 5.93. The van der Waals surface area contributed by atoms with E-state index in [0.29, 0.717) is 6.04 Å². The minimum absolute atomic E-state index is 0.639. The monoisotopic (exact) mass is 253 g/mol. The molecule has 3 nitrogen and oxygen atoms in total. The maximum Gasteiger partial charge on any atom is 0.0223 e. The molecule has 0 aromatic heterocycles. The van der Waals surface area contributed by atoms with Crippen LogP contribution in [0.5, 0.6) is 0 Å². The number of hydrogen-bond acceptors (Lipinski definition) is 3. The van der Waals surface area contributed by atoms with Gasteiger partial charge >= 0.3 is 0 Å². The number of unbranched alkanes of at least 4 members (excludes halogenated alkanes) is 2. The minimum atomic E-state index is 0.639. The van der Waals surface area contributed by atoms with E-state index in [0.717, 1.165) is 12.6 Å². The maximum atomic E-state index is 6.00. The van der Waals surface area contributed by atoms with Gasteiger partial charge < -0.3 is 5.73 Å². The van der Waals surface area contributed by atoms with Gasteiger partial charge in [0.15, 0.2) is 0 Å². The third-order valence-corrected chi connectivity index (χ3v) is 4.80.